The molecule has 0 aromatic heterocycles. The SMILES string of the molecule is COc1ccc(Br)cc1C=Nc1ccccc1Br. The number of benzene rings is 2. The van der Waals surface area contributed by atoms with Crippen molar-refractivity contribution in [2.75, 3.05) is 7.11 Å². The van der Waals surface area contributed by atoms with Crippen molar-refractivity contribution in [2.24, 2.45) is 4.99 Å². The topological polar surface area (TPSA) is 21.6 Å². The fourth-order valence-corrected chi connectivity index (χ4v) is 2.27. The lowest BCUT2D eigenvalue weighted by atomic mass is 10.2. The molecular weight excluding hydrogens is 358 g/mol. The Morgan fingerprint density at radius 2 is 1.89 bits per heavy atom. The monoisotopic (exact) mass is 367 g/mol. The van der Waals surface area contributed by atoms with Crippen molar-refractivity contribution in [3.8, 4) is 5.75 Å². The largest absolute Gasteiger partial charge is 0.496 e. The molecule has 0 aliphatic rings. The van der Waals surface area contributed by atoms with Gasteiger partial charge >= 0.3 is 0 Å². The maximum atomic E-state index is 5.30. The fraction of sp³-hybridized carbons (Fsp3) is 0.0714. The fourth-order valence-electron chi connectivity index (χ4n) is 1.50. The summed E-state index contributed by atoms with van der Waals surface area (Å²) in [6.45, 7) is 0. The summed E-state index contributed by atoms with van der Waals surface area (Å²) in [5.74, 6) is 0.800. The average Bonchev–Trinajstić information content (AvgIpc) is 2.38. The van der Waals surface area contributed by atoms with Gasteiger partial charge in [0.1, 0.15) is 5.75 Å². The molecule has 0 bridgehead atoms. The van der Waals surface area contributed by atoms with Crippen molar-refractivity contribution in [1.29, 1.82) is 0 Å². The molecule has 4 heteroatoms. The molecule has 0 radical (unpaired) electrons. The summed E-state index contributed by atoms with van der Waals surface area (Å²) in [7, 11) is 1.65. The Bertz CT molecular complexity index is 582. The van der Waals surface area contributed by atoms with Gasteiger partial charge in [0, 0.05) is 20.7 Å². The van der Waals surface area contributed by atoms with Crippen LogP contribution in [0.25, 0.3) is 0 Å². The lowest BCUT2D eigenvalue weighted by molar-refractivity contribution is 0.414. The van der Waals surface area contributed by atoms with Crippen molar-refractivity contribution in [2.45, 2.75) is 0 Å². The third-order valence-electron chi connectivity index (χ3n) is 2.39. The molecule has 92 valence electrons. The van der Waals surface area contributed by atoms with Crippen LogP contribution < -0.4 is 4.74 Å². The van der Waals surface area contributed by atoms with E-state index in [1.54, 1.807) is 13.3 Å². The van der Waals surface area contributed by atoms with Gasteiger partial charge < -0.3 is 4.74 Å². The van der Waals surface area contributed by atoms with E-state index in [1.807, 2.05) is 42.5 Å². The molecule has 2 nitrogen and oxygen atoms in total. The van der Waals surface area contributed by atoms with Crippen molar-refractivity contribution in [1.82, 2.24) is 0 Å². The number of aliphatic imine (C=N–C) groups is 1. The Kier molecular flexibility index (Phi) is 4.55. The van der Waals surface area contributed by atoms with Gasteiger partial charge in [-0.2, -0.15) is 0 Å². The molecule has 2 aromatic rings. The van der Waals surface area contributed by atoms with Crippen LogP contribution in [0.1, 0.15) is 5.56 Å². The first-order valence-corrected chi connectivity index (χ1v) is 6.91. The van der Waals surface area contributed by atoms with Gasteiger partial charge in [-0.3, -0.25) is 4.99 Å². The summed E-state index contributed by atoms with van der Waals surface area (Å²) in [5.41, 5.74) is 1.82. The van der Waals surface area contributed by atoms with Gasteiger partial charge in [-0.05, 0) is 46.3 Å². The molecule has 0 aliphatic carbocycles. The van der Waals surface area contributed by atoms with Gasteiger partial charge in [-0.1, -0.05) is 28.1 Å². The van der Waals surface area contributed by atoms with Crippen LogP contribution in [0.15, 0.2) is 56.4 Å². The summed E-state index contributed by atoms with van der Waals surface area (Å²) in [4.78, 5) is 4.45. The Labute approximate surface area is 123 Å². The summed E-state index contributed by atoms with van der Waals surface area (Å²) >= 11 is 6.91. The Morgan fingerprint density at radius 3 is 2.61 bits per heavy atom. The van der Waals surface area contributed by atoms with E-state index >= 15 is 0 Å². The number of hydrogen-bond acceptors (Lipinski definition) is 2. The Hall–Kier alpha value is -1.13. The zero-order chi connectivity index (χ0) is 13.0. The van der Waals surface area contributed by atoms with Gasteiger partial charge in [0.2, 0.25) is 0 Å². The minimum absolute atomic E-state index is 0.800. The van der Waals surface area contributed by atoms with Crippen LogP contribution in [-0.2, 0) is 0 Å². The Balaban J connectivity index is 2.34. The maximum absolute atomic E-state index is 5.30. The highest BCUT2D eigenvalue weighted by atomic mass is 79.9. The van der Waals surface area contributed by atoms with E-state index in [-0.39, 0.29) is 0 Å². The van der Waals surface area contributed by atoms with E-state index < -0.39 is 0 Å². The highest BCUT2D eigenvalue weighted by Crippen LogP contribution is 2.26. The zero-order valence-corrected chi connectivity index (χ0v) is 12.9. The molecule has 0 fully saturated rings. The van der Waals surface area contributed by atoms with E-state index in [0.29, 0.717) is 0 Å². The molecule has 0 atom stereocenters. The van der Waals surface area contributed by atoms with Crippen LogP contribution in [0.5, 0.6) is 5.75 Å². The van der Waals surface area contributed by atoms with E-state index in [2.05, 4.69) is 36.9 Å². The number of nitrogens with zero attached hydrogens (tertiary/aromatic N) is 1. The quantitative estimate of drug-likeness (QED) is 0.701. The highest BCUT2D eigenvalue weighted by molar-refractivity contribution is 9.10. The highest BCUT2D eigenvalue weighted by Gasteiger charge is 2.01. The zero-order valence-electron chi connectivity index (χ0n) is 9.73. The third-order valence-corrected chi connectivity index (χ3v) is 3.55. The predicted molar refractivity (Wildman–Crippen MR) is 82.1 cm³/mol. The van der Waals surface area contributed by atoms with Crippen molar-refractivity contribution < 1.29 is 4.74 Å². The number of ether oxygens (including phenoxy) is 1. The number of methoxy groups -OCH3 is 1. The molecule has 0 heterocycles. The molecule has 0 saturated heterocycles. The summed E-state index contributed by atoms with van der Waals surface area (Å²) in [5, 5.41) is 0. The van der Waals surface area contributed by atoms with Crippen molar-refractivity contribution in [3.63, 3.8) is 0 Å². The molecule has 18 heavy (non-hydrogen) atoms. The van der Waals surface area contributed by atoms with E-state index in [1.165, 1.54) is 0 Å². The molecule has 0 spiro atoms. The van der Waals surface area contributed by atoms with E-state index in [9.17, 15) is 0 Å². The van der Waals surface area contributed by atoms with Crippen LogP contribution >= 0.6 is 31.9 Å². The number of halogens is 2. The number of rotatable bonds is 3. The van der Waals surface area contributed by atoms with Gasteiger partial charge in [0.15, 0.2) is 0 Å². The first kappa shape index (κ1) is 13.3. The molecule has 0 N–H and O–H groups in total. The second kappa shape index (κ2) is 6.16. The molecule has 2 rings (SSSR count). The van der Waals surface area contributed by atoms with E-state index in [0.717, 1.165) is 25.9 Å². The normalized spacial score (nSPS) is 10.8. The van der Waals surface area contributed by atoms with Crippen LogP contribution in [0, 0.1) is 0 Å². The summed E-state index contributed by atoms with van der Waals surface area (Å²) in [6.07, 6.45) is 1.80. The smallest absolute Gasteiger partial charge is 0.127 e. The molecule has 0 aliphatic heterocycles. The second-order valence-electron chi connectivity index (χ2n) is 3.60. The van der Waals surface area contributed by atoms with Crippen LogP contribution in [0.2, 0.25) is 0 Å². The van der Waals surface area contributed by atoms with Gasteiger partial charge in [-0.15, -0.1) is 0 Å². The second-order valence-corrected chi connectivity index (χ2v) is 5.37. The van der Waals surface area contributed by atoms with Crippen LogP contribution in [0.3, 0.4) is 0 Å². The van der Waals surface area contributed by atoms with Crippen molar-refractivity contribution >= 4 is 43.8 Å². The molecule has 0 saturated carbocycles. The Morgan fingerprint density at radius 1 is 1.11 bits per heavy atom. The minimum atomic E-state index is 0.800. The lowest BCUT2D eigenvalue weighted by Crippen LogP contribution is -1.90. The number of hydrogen-bond donors (Lipinski definition) is 0. The van der Waals surface area contributed by atoms with Crippen LogP contribution in [-0.4, -0.2) is 13.3 Å². The molecule has 0 unspecified atom stereocenters. The average molecular weight is 369 g/mol. The van der Waals surface area contributed by atoms with Gasteiger partial charge in [0.25, 0.3) is 0 Å². The maximum Gasteiger partial charge on any atom is 0.127 e. The lowest BCUT2D eigenvalue weighted by Gasteiger charge is -2.04. The molecular formula is C14H11Br2NO. The third kappa shape index (κ3) is 3.21. The first-order valence-electron chi connectivity index (χ1n) is 5.33. The number of para-hydroxylation sites is 1. The minimum Gasteiger partial charge on any atom is -0.496 e. The van der Waals surface area contributed by atoms with E-state index in [4.69, 9.17) is 4.74 Å². The molecule has 2 aromatic carbocycles. The van der Waals surface area contributed by atoms with Gasteiger partial charge in [-0.25, -0.2) is 0 Å². The van der Waals surface area contributed by atoms with Crippen LogP contribution in [0.4, 0.5) is 5.69 Å². The predicted octanol–water partition coefficient (Wildman–Crippen LogP) is 4.97. The van der Waals surface area contributed by atoms with Crippen molar-refractivity contribution in [3.05, 3.63) is 57.0 Å². The standard InChI is InChI=1S/C14H11Br2NO/c1-18-14-7-6-11(15)8-10(14)9-17-13-5-3-2-4-12(13)16/h2-9H,1H3. The summed E-state index contributed by atoms with van der Waals surface area (Å²) in [6, 6.07) is 13.6. The first-order chi connectivity index (χ1) is 8.70. The molecule has 0 amide bonds. The summed E-state index contributed by atoms with van der Waals surface area (Å²) < 4.78 is 7.26. The van der Waals surface area contributed by atoms with Gasteiger partial charge in [0.05, 0.1) is 12.8 Å².